The Balaban J connectivity index is 2.15. The molecule has 0 amide bonds. The summed E-state index contributed by atoms with van der Waals surface area (Å²) < 4.78 is 18.7. The van der Waals surface area contributed by atoms with Gasteiger partial charge in [0.25, 0.3) is 0 Å². The molecule has 6 heteroatoms. The molecule has 0 aromatic heterocycles. The maximum atomic E-state index is 13.2. The molecule has 21 heavy (non-hydrogen) atoms. The lowest BCUT2D eigenvalue weighted by molar-refractivity contribution is -0.385. The number of nitrogens with zero attached hydrogens (tertiary/aromatic N) is 1. The summed E-state index contributed by atoms with van der Waals surface area (Å²) in [6.45, 7) is 0.222. The molecule has 0 aliphatic carbocycles. The van der Waals surface area contributed by atoms with Crippen LogP contribution in [0, 0.1) is 15.9 Å². The van der Waals surface area contributed by atoms with E-state index in [0.29, 0.717) is 5.33 Å². The maximum absolute atomic E-state index is 13.2. The van der Waals surface area contributed by atoms with Crippen molar-refractivity contribution < 1.29 is 14.1 Å². The lowest BCUT2D eigenvalue weighted by Crippen LogP contribution is -2.12. The first-order chi connectivity index (χ1) is 10.1. The molecule has 0 aliphatic rings. The van der Waals surface area contributed by atoms with Crippen molar-refractivity contribution in [2.75, 3.05) is 11.9 Å². The highest BCUT2D eigenvalue weighted by Gasteiger charge is 2.18. The van der Waals surface area contributed by atoms with Gasteiger partial charge >= 0.3 is 5.69 Å². The molecule has 0 fully saturated rings. The average molecular weight is 354 g/mol. The zero-order valence-corrected chi connectivity index (χ0v) is 12.6. The van der Waals surface area contributed by atoms with Gasteiger partial charge in [-0.05, 0) is 11.6 Å². The molecule has 0 radical (unpaired) electrons. The Morgan fingerprint density at radius 2 is 1.95 bits per heavy atom. The molecular weight excluding hydrogens is 341 g/mol. The standard InChI is InChI=1S/C15H13BrFNO3/c16-9-12(11-4-2-1-3-5-11)10-21-15-8-13(17)6-7-14(15)18(19)20/h1-8,12H,9-10H2. The van der Waals surface area contributed by atoms with E-state index in [-0.39, 0.29) is 24.0 Å². The lowest BCUT2D eigenvalue weighted by atomic mass is 10.0. The number of ether oxygens (including phenoxy) is 1. The molecule has 4 nitrogen and oxygen atoms in total. The van der Waals surface area contributed by atoms with Crippen molar-refractivity contribution in [3.63, 3.8) is 0 Å². The van der Waals surface area contributed by atoms with Crippen molar-refractivity contribution in [2.24, 2.45) is 0 Å². The van der Waals surface area contributed by atoms with Gasteiger partial charge in [0.05, 0.1) is 11.5 Å². The summed E-state index contributed by atoms with van der Waals surface area (Å²) in [6, 6.07) is 12.8. The first-order valence-corrected chi connectivity index (χ1v) is 7.41. The Morgan fingerprint density at radius 3 is 2.57 bits per heavy atom. The zero-order chi connectivity index (χ0) is 15.2. The molecule has 2 aromatic carbocycles. The van der Waals surface area contributed by atoms with Crippen molar-refractivity contribution in [3.8, 4) is 5.75 Å². The van der Waals surface area contributed by atoms with Gasteiger partial charge in [-0.1, -0.05) is 46.3 Å². The minimum atomic E-state index is -0.583. The molecule has 2 rings (SSSR count). The van der Waals surface area contributed by atoms with Gasteiger partial charge in [0.15, 0.2) is 5.75 Å². The van der Waals surface area contributed by atoms with Gasteiger partial charge in [0, 0.05) is 23.4 Å². The molecule has 0 aliphatic heterocycles. The minimum absolute atomic E-state index is 0.0223. The number of alkyl halides is 1. The predicted molar refractivity (Wildman–Crippen MR) is 81.5 cm³/mol. The SMILES string of the molecule is O=[N+]([O-])c1ccc(F)cc1OCC(CBr)c1ccccc1. The molecule has 0 spiro atoms. The van der Waals surface area contributed by atoms with Crippen LogP contribution < -0.4 is 4.74 Å². The Kier molecular flexibility index (Phi) is 5.27. The molecule has 1 unspecified atom stereocenters. The first-order valence-electron chi connectivity index (χ1n) is 6.29. The fourth-order valence-electron chi connectivity index (χ4n) is 1.90. The van der Waals surface area contributed by atoms with E-state index in [0.717, 1.165) is 23.8 Å². The highest BCUT2D eigenvalue weighted by molar-refractivity contribution is 9.09. The molecule has 110 valence electrons. The fourth-order valence-corrected chi connectivity index (χ4v) is 2.46. The molecule has 0 saturated carbocycles. The topological polar surface area (TPSA) is 52.4 Å². The molecule has 2 aromatic rings. The Morgan fingerprint density at radius 1 is 1.24 bits per heavy atom. The van der Waals surface area contributed by atoms with Gasteiger partial charge in [-0.15, -0.1) is 0 Å². The van der Waals surface area contributed by atoms with Crippen LogP contribution in [0.1, 0.15) is 11.5 Å². The second kappa shape index (κ2) is 7.17. The predicted octanol–water partition coefficient (Wildman–Crippen LogP) is 4.29. The number of nitro benzene ring substituents is 1. The largest absolute Gasteiger partial charge is 0.486 e. The van der Waals surface area contributed by atoms with E-state index in [1.807, 2.05) is 30.3 Å². The summed E-state index contributed by atoms with van der Waals surface area (Å²) >= 11 is 3.40. The maximum Gasteiger partial charge on any atom is 0.311 e. The zero-order valence-electron chi connectivity index (χ0n) is 11.0. The van der Waals surface area contributed by atoms with Crippen LogP contribution in [-0.4, -0.2) is 16.9 Å². The number of nitro groups is 1. The molecule has 1 atom stereocenters. The third-order valence-electron chi connectivity index (χ3n) is 3.02. The normalized spacial score (nSPS) is 11.9. The van der Waals surface area contributed by atoms with Crippen LogP contribution in [-0.2, 0) is 0 Å². The van der Waals surface area contributed by atoms with Gasteiger partial charge in [-0.2, -0.15) is 0 Å². The molecule has 0 N–H and O–H groups in total. The van der Waals surface area contributed by atoms with Crippen molar-refractivity contribution >= 4 is 21.6 Å². The molecular formula is C15H13BrFNO3. The van der Waals surface area contributed by atoms with E-state index in [2.05, 4.69) is 15.9 Å². The summed E-state index contributed by atoms with van der Waals surface area (Å²) in [5.74, 6) is -0.596. The minimum Gasteiger partial charge on any atom is -0.486 e. The summed E-state index contributed by atoms with van der Waals surface area (Å²) in [6.07, 6.45) is 0. The van der Waals surface area contributed by atoms with Crippen LogP contribution in [0.15, 0.2) is 48.5 Å². The average Bonchev–Trinajstić information content (AvgIpc) is 2.48. The van der Waals surface area contributed by atoms with Gasteiger partial charge < -0.3 is 4.74 Å². The van der Waals surface area contributed by atoms with Gasteiger partial charge in [-0.25, -0.2) is 4.39 Å². The van der Waals surface area contributed by atoms with E-state index >= 15 is 0 Å². The second-order valence-electron chi connectivity index (χ2n) is 4.44. The van der Waals surface area contributed by atoms with Gasteiger partial charge in [-0.3, -0.25) is 10.1 Å². The van der Waals surface area contributed by atoms with Crippen LogP contribution in [0.2, 0.25) is 0 Å². The molecule has 0 bridgehead atoms. The summed E-state index contributed by atoms with van der Waals surface area (Å²) in [5.41, 5.74) is 0.811. The summed E-state index contributed by atoms with van der Waals surface area (Å²) in [7, 11) is 0. The van der Waals surface area contributed by atoms with E-state index in [4.69, 9.17) is 4.74 Å². The summed E-state index contributed by atoms with van der Waals surface area (Å²) in [4.78, 5) is 10.3. The van der Waals surface area contributed by atoms with E-state index in [1.54, 1.807) is 0 Å². The van der Waals surface area contributed by atoms with E-state index < -0.39 is 10.7 Å². The van der Waals surface area contributed by atoms with Crippen LogP contribution >= 0.6 is 15.9 Å². The van der Waals surface area contributed by atoms with Crippen molar-refractivity contribution in [1.29, 1.82) is 0 Å². The Labute approximate surface area is 129 Å². The van der Waals surface area contributed by atoms with Crippen molar-refractivity contribution in [2.45, 2.75) is 5.92 Å². The van der Waals surface area contributed by atoms with Gasteiger partial charge in [0.2, 0.25) is 0 Å². The number of hydrogen-bond acceptors (Lipinski definition) is 3. The molecule has 0 saturated heterocycles. The smallest absolute Gasteiger partial charge is 0.311 e. The Hall–Kier alpha value is -1.95. The summed E-state index contributed by atoms with van der Waals surface area (Å²) in [5, 5.41) is 11.6. The quantitative estimate of drug-likeness (QED) is 0.442. The lowest BCUT2D eigenvalue weighted by Gasteiger charge is -2.15. The van der Waals surface area contributed by atoms with Crippen molar-refractivity contribution in [1.82, 2.24) is 0 Å². The fraction of sp³-hybridized carbons (Fsp3) is 0.200. The highest BCUT2D eigenvalue weighted by atomic mass is 79.9. The number of rotatable bonds is 6. The Bertz CT molecular complexity index is 622. The number of benzene rings is 2. The third kappa shape index (κ3) is 4.01. The van der Waals surface area contributed by atoms with Crippen LogP contribution in [0.3, 0.4) is 0 Å². The number of hydrogen-bond donors (Lipinski definition) is 0. The first kappa shape index (κ1) is 15.4. The van der Waals surface area contributed by atoms with Crippen molar-refractivity contribution in [3.05, 3.63) is 70.0 Å². The second-order valence-corrected chi connectivity index (χ2v) is 5.09. The highest BCUT2D eigenvalue weighted by Crippen LogP contribution is 2.29. The van der Waals surface area contributed by atoms with Gasteiger partial charge in [0.1, 0.15) is 5.82 Å². The monoisotopic (exact) mass is 353 g/mol. The van der Waals surface area contributed by atoms with Crippen LogP contribution in [0.25, 0.3) is 0 Å². The number of halogens is 2. The van der Waals surface area contributed by atoms with Crippen LogP contribution in [0.4, 0.5) is 10.1 Å². The van der Waals surface area contributed by atoms with Crippen LogP contribution in [0.5, 0.6) is 5.75 Å². The third-order valence-corrected chi connectivity index (χ3v) is 3.80. The molecule has 0 heterocycles. The van der Waals surface area contributed by atoms with E-state index in [1.165, 1.54) is 0 Å². The van der Waals surface area contributed by atoms with E-state index in [9.17, 15) is 14.5 Å².